The summed E-state index contributed by atoms with van der Waals surface area (Å²) in [6.07, 6.45) is 2.49. The molecule has 58 heavy (non-hydrogen) atoms. The minimum absolute atomic E-state index is 0.00388. The van der Waals surface area contributed by atoms with Crippen LogP contribution in [0.3, 0.4) is 0 Å². The molecule has 5 aliphatic heterocycles. The molecule has 300 valence electrons. The quantitative estimate of drug-likeness (QED) is 0.145. The van der Waals surface area contributed by atoms with Crippen LogP contribution in [0.5, 0.6) is 0 Å². The molecule has 0 aromatic heterocycles. The van der Waals surface area contributed by atoms with Gasteiger partial charge in [0.05, 0.1) is 48.8 Å². The third-order valence-electron chi connectivity index (χ3n) is 13.2. The molecule has 0 unspecified atom stereocenters. The fourth-order valence-corrected chi connectivity index (χ4v) is 13.1. The SMILES string of the molecule is C[C@H]1[C@H]([Si](C)(C)F)[C@@H](CC(=O)N2CCC[C@H]2CO)O[C@]12C(=O)N(Cc1cccc(N3C(=O)CCc4ccccc43)c1)c1ccc(N3C(=O)CCc4ccccc43)cc12. The van der Waals surface area contributed by atoms with E-state index in [1.165, 1.54) is 0 Å². The number of aryl methyl sites for hydroxylation is 2. The normalized spacial score (nSPS) is 25.4. The van der Waals surface area contributed by atoms with Gasteiger partial charge in [0.2, 0.25) is 26.1 Å². The molecule has 5 aliphatic rings. The lowest BCUT2D eigenvalue weighted by atomic mass is 9.82. The Morgan fingerprint density at radius 1 is 0.828 bits per heavy atom. The summed E-state index contributed by atoms with van der Waals surface area (Å²) in [5, 5.41) is 10.0. The monoisotopic (exact) mass is 800 g/mol. The average molecular weight is 801 g/mol. The number of carbonyl (C=O) groups excluding carboxylic acids is 4. The lowest BCUT2D eigenvalue weighted by molar-refractivity contribution is -0.150. The van der Waals surface area contributed by atoms with Crippen LogP contribution in [0.4, 0.5) is 32.5 Å². The van der Waals surface area contributed by atoms with Gasteiger partial charge in [0, 0.05) is 47.8 Å². The van der Waals surface area contributed by atoms with Crippen molar-refractivity contribution < 1.29 is 33.1 Å². The zero-order chi connectivity index (χ0) is 40.5. The van der Waals surface area contributed by atoms with Gasteiger partial charge in [-0.2, -0.15) is 0 Å². The Morgan fingerprint density at radius 3 is 2.10 bits per heavy atom. The summed E-state index contributed by atoms with van der Waals surface area (Å²) in [4.78, 5) is 63.2. The van der Waals surface area contributed by atoms with Crippen LogP contribution in [-0.4, -0.2) is 67.3 Å². The largest absolute Gasteiger partial charge is 0.394 e. The topological polar surface area (TPSA) is 111 Å². The number of fused-ring (bicyclic) bond motifs is 4. The van der Waals surface area contributed by atoms with Gasteiger partial charge in [0.15, 0.2) is 5.60 Å². The van der Waals surface area contributed by atoms with Crippen molar-refractivity contribution in [2.45, 2.75) is 94.8 Å². The first-order valence-electron chi connectivity index (χ1n) is 20.5. The highest BCUT2D eigenvalue weighted by Gasteiger charge is 2.67. The highest BCUT2D eigenvalue weighted by molar-refractivity contribution is 6.72. The minimum Gasteiger partial charge on any atom is -0.394 e. The van der Waals surface area contributed by atoms with Gasteiger partial charge in [-0.1, -0.05) is 55.5 Å². The molecule has 0 saturated carbocycles. The third-order valence-corrected chi connectivity index (χ3v) is 15.6. The van der Waals surface area contributed by atoms with E-state index in [0.29, 0.717) is 61.3 Å². The molecule has 5 heterocycles. The molecule has 12 heteroatoms. The van der Waals surface area contributed by atoms with E-state index >= 15 is 8.90 Å². The predicted molar refractivity (Wildman–Crippen MR) is 222 cm³/mol. The summed E-state index contributed by atoms with van der Waals surface area (Å²) >= 11 is 0. The number of carbonyl (C=O) groups is 4. The number of amides is 4. The van der Waals surface area contributed by atoms with Crippen molar-refractivity contribution in [3.63, 3.8) is 0 Å². The summed E-state index contributed by atoms with van der Waals surface area (Å²) in [5.74, 6) is -1.30. The van der Waals surface area contributed by atoms with Crippen LogP contribution in [0, 0.1) is 5.92 Å². The van der Waals surface area contributed by atoms with Gasteiger partial charge in [0.25, 0.3) is 5.91 Å². The number of aliphatic hydroxyl groups excluding tert-OH is 1. The fraction of sp³-hybridized carbons (Fsp3) is 0.391. The second kappa shape index (κ2) is 14.6. The second-order valence-corrected chi connectivity index (χ2v) is 20.8. The van der Waals surface area contributed by atoms with E-state index in [-0.39, 0.29) is 49.2 Å². The fourth-order valence-electron chi connectivity index (χ4n) is 10.6. The van der Waals surface area contributed by atoms with Gasteiger partial charge in [-0.05, 0) is 97.9 Å². The molecule has 0 bridgehead atoms. The lowest BCUT2D eigenvalue weighted by Gasteiger charge is -2.32. The minimum atomic E-state index is -3.61. The van der Waals surface area contributed by atoms with E-state index in [1.807, 2.05) is 97.9 Å². The van der Waals surface area contributed by atoms with Gasteiger partial charge in [-0.15, -0.1) is 0 Å². The zero-order valence-corrected chi connectivity index (χ0v) is 34.2. The van der Waals surface area contributed by atoms with E-state index < -0.39 is 31.6 Å². The number of para-hydroxylation sites is 2. The van der Waals surface area contributed by atoms with Gasteiger partial charge in [-0.25, -0.2) is 0 Å². The Kier molecular flexibility index (Phi) is 9.64. The molecule has 0 aliphatic carbocycles. The van der Waals surface area contributed by atoms with Crippen LogP contribution in [0.2, 0.25) is 18.6 Å². The number of aliphatic hydroxyl groups is 1. The van der Waals surface area contributed by atoms with Crippen LogP contribution in [0.15, 0.2) is 91.0 Å². The number of hydrogen-bond acceptors (Lipinski definition) is 6. The second-order valence-electron chi connectivity index (χ2n) is 17.0. The molecule has 10 nitrogen and oxygen atoms in total. The number of halogens is 1. The average Bonchev–Trinajstić information content (AvgIpc) is 3.88. The molecule has 1 N–H and O–H groups in total. The number of rotatable bonds is 8. The standard InChI is InChI=1S/C46H49FN4O6Si/c1-29-44(58(2,3)47)40(26-43(55)48-23-9-14-35(48)28-52)57-46(29)36-25-34(51-38-16-7-5-12-32(38)18-22-42(51)54)19-20-39(36)49(45(46)56)27-30-10-8-13-33(24-30)50-37-15-6-4-11-31(37)17-21-41(50)53/h4-8,10-13,15-16,19-20,24-25,29,35,40,44,52H,9,14,17-18,21-23,26-28H2,1-3H3/t29-,35-,40+,44-,46+/m0/s1. The van der Waals surface area contributed by atoms with Gasteiger partial charge in [0.1, 0.15) is 0 Å². The Labute approximate surface area is 339 Å². The summed E-state index contributed by atoms with van der Waals surface area (Å²) in [5.41, 5.74) is 4.61. The maximum Gasteiger partial charge on any atom is 0.264 e. The summed E-state index contributed by atoms with van der Waals surface area (Å²) in [6.45, 7) is 5.60. The van der Waals surface area contributed by atoms with Gasteiger partial charge >= 0.3 is 0 Å². The molecule has 4 aromatic carbocycles. The van der Waals surface area contributed by atoms with Crippen LogP contribution >= 0.6 is 0 Å². The van der Waals surface area contributed by atoms with Crippen LogP contribution in [0.1, 0.15) is 61.3 Å². The number of benzene rings is 4. The maximum absolute atomic E-state index is 16.8. The predicted octanol–water partition coefficient (Wildman–Crippen LogP) is 7.60. The lowest BCUT2D eigenvalue weighted by Crippen LogP contribution is -2.45. The summed E-state index contributed by atoms with van der Waals surface area (Å²) in [6, 6.07) is 28.6. The zero-order valence-electron chi connectivity index (χ0n) is 33.2. The number of ether oxygens (including phenoxy) is 1. The van der Waals surface area contributed by atoms with E-state index in [9.17, 15) is 19.5 Å². The van der Waals surface area contributed by atoms with E-state index in [2.05, 4.69) is 0 Å². The van der Waals surface area contributed by atoms with E-state index in [4.69, 9.17) is 4.74 Å². The Morgan fingerprint density at radius 2 is 1.47 bits per heavy atom. The first-order chi connectivity index (χ1) is 27.9. The first kappa shape index (κ1) is 38.4. The number of nitrogens with zero attached hydrogens (tertiary/aromatic N) is 4. The molecule has 0 radical (unpaired) electrons. The molecule has 9 rings (SSSR count). The van der Waals surface area contributed by atoms with Crippen molar-refractivity contribution in [2.24, 2.45) is 5.92 Å². The summed E-state index contributed by atoms with van der Waals surface area (Å²) in [7, 11) is -3.61. The van der Waals surface area contributed by atoms with Crippen LogP contribution in [-0.2, 0) is 48.9 Å². The summed E-state index contributed by atoms with van der Waals surface area (Å²) < 4.78 is 23.8. The highest BCUT2D eigenvalue weighted by atomic mass is 28.4. The molecule has 4 aromatic rings. The third kappa shape index (κ3) is 6.19. The molecule has 2 saturated heterocycles. The maximum atomic E-state index is 16.8. The molecule has 1 spiro atoms. The van der Waals surface area contributed by atoms with Crippen molar-refractivity contribution in [1.29, 1.82) is 0 Å². The van der Waals surface area contributed by atoms with Crippen molar-refractivity contribution in [3.8, 4) is 0 Å². The smallest absolute Gasteiger partial charge is 0.264 e. The first-order valence-corrected chi connectivity index (χ1v) is 23.5. The van der Waals surface area contributed by atoms with Gasteiger partial charge < -0.3 is 23.8 Å². The number of likely N-dealkylation sites (tertiary alicyclic amines) is 1. The highest BCUT2D eigenvalue weighted by Crippen LogP contribution is 2.61. The van der Waals surface area contributed by atoms with E-state index in [0.717, 1.165) is 34.5 Å². The molecular weight excluding hydrogens is 752 g/mol. The van der Waals surface area contributed by atoms with Crippen LogP contribution in [0.25, 0.3) is 0 Å². The van der Waals surface area contributed by atoms with Crippen molar-refractivity contribution in [3.05, 3.63) is 113 Å². The molecule has 5 atom stereocenters. The van der Waals surface area contributed by atoms with Gasteiger partial charge in [-0.3, -0.25) is 29.0 Å². The van der Waals surface area contributed by atoms with Crippen molar-refractivity contribution in [2.75, 3.05) is 27.9 Å². The molecule has 4 amide bonds. The number of anilines is 5. The van der Waals surface area contributed by atoms with Crippen LogP contribution < -0.4 is 14.7 Å². The molecular formula is C46H49FN4O6Si. The van der Waals surface area contributed by atoms with E-state index in [1.54, 1.807) is 32.7 Å². The Bertz CT molecular complexity index is 2330. The number of hydrogen-bond donors (Lipinski definition) is 1. The van der Waals surface area contributed by atoms with Crippen molar-refractivity contribution in [1.82, 2.24) is 4.90 Å². The Hall–Kier alpha value is -5.17. The molecule has 2 fully saturated rings. The Balaban J connectivity index is 1.14. The van der Waals surface area contributed by atoms with Crippen molar-refractivity contribution >= 4 is 60.5 Å².